The molecule has 33 heavy (non-hydrogen) atoms. The minimum absolute atomic E-state index is 0.00971. The normalized spacial score (nSPS) is 37.7. The van der Waals surface area contributed by atoms with E-state index in [4.69, 9.17) is 18.9 Å². The quantitative estimate of drug-likeness (QED) is 0.219. The van der Waals surface area contributed by atoms with E-state index in [2.05, 4.69) is 0 Å². The molecule has 6 N–H and O–H groups in total. The molecule has 1 aliphatic carbocycles. The van der Waals surface area contributed by atoms with Gasteiger partial charge in [-0.05, 0) is 42.0 Å². The Balaban J connectivity index is 1.49. The number of phenols is 1. The number of aliphatic hydroxyl groups is 5. The fourth-order valence-corrected chi connectivity index (χ4v) is 4.26. The van der Waals surface area contributed by atoms with Crippen LogP contribution in [0, 0.1) is 11.8 Å². The lowest BCUT2D eigenvalue weighted by atomic mass is 9.88. The number of phenolic OH excluding ortho intramolecular Hbond substituents is 1. The summed E-state index contributed by atoms with van der Waals surface area (Å²) in [5.41, 5.74) is 0.711. The molecular formula is C22H26O11. The van der Waals surface area contributed by atoms with Crippen LogP contribution in [0.2, 0.25) is 0 Å². The van der Waals surface area contributed by atoms with Crippen molar-refractivity contribution in [3.8, 4) is 5.75 Å². The first-order valence-corrected chi connectivity index (χ1v) is 10.4. The number of hydrogen-bond acceptors (Lipinski definition) is 11. The van der Waals surface area contributed by atoms with E-state index in [1.807, 2.05) is 0 Å². The van der Waals surface area contributed by atoms with Crippen molar-refractivity contribution in [2.75, 3.05) is 13.2 Å². The van der Waals surface area contributed by atoms with Crippen molar-refractivity contribution in [3.63, 3.8) is 0 Å². The molecule has 2 heterocycles. The largest absolute Gasteiger partial charge is 0.508 e. The summed E-state index contributed by atoms with van der Waals surface area (Å²) in [7, 11) is 0. The van der Waals surface area contributed by atoms with Crippen LogP contribution in [0.1, 0.15) is 10.4 Å². The second-order valence-electron chi connectivity index (χ2n) is 8.09. The van der Waals surface area contributed by atoms with Crippen LogP contribution < -0.4 is 0 Å². The smallest absolute Gasteiger partial charge is 0.338 e. The van der Waals surface area contributed by atoms with E-state index in [-0.39, 0.29) is 17.9 Å². The predicted molar refractivity (Wildman–Crippen MR) is 108 cm³/mol. The highest BCUT2D eigenvalue weighted by Crippen LogP contribution is 2.42. The van der Waals surface area contributed by atoms with Crippen molar-refractivity contribution in [1.29, 1.82) is 0 Å². The third-order valence-corrected chi connectivity index (χ3v) is 6.05. The number of ether oxygens (including phenoxy) is 4. The Hall–Kier alpha value is -2.51. The van der Waals surface area contributed by atoms with Gasteiger partial charge in [0.1, 0.15) is 36.3 Å². The molecule has 0 saturated carbocycles. The average Bonchev–Trinajstić information content (AvgIpc) is 3.18. The number of hydrogen-bond donors (Lipinski definition) is 6. The van der Waals surface area contributed by atoms with Gasteiger partial charge >= 0.3 is 5.97 Å². The van der Waals surface area contributed by atoms with Crippen molar-refractivity contribution in [2.45, 2.75) is 43.1 Å². The maximum atomic E-state index is 12.5. The molecule has 1 aromatic rings. The van der Waals surface area contributed by atoms with Crippen LogP contribution in [-0.2, 0) is 18.9 Å². The zero-order chi connectivity index (χ0) is 23.7. The molecule has 0 amide bonds. The van der Waals surface area contributed by atoms with Gasteiger partial charge in [0, 0.05) is 5.92 Å². The van der Waals surface area contributed by atoms with E-state index < -0.39 is 67.5 Å². The lowest BCUT2D eigenvalue weighted by Crippen LogP contribution is -2.60. The van der Waals surface area contributed by atoms with E-state index in [9.17, 15) is 35.4 Å². The van der Waals surface area contributed by atoms with Gasteiger partial charge in [0.15, 0.2) is 6.29 Å². The van der Waals surface area contributed by atoms with Gasteiger partial charge in [-0.3, -0.25) is 0 Å². The molecule has 1 fully saturated rings. The van der Waals surface area contributed by atoms with Crippen LogP contribution in [0.3, 0.4) is 0 Å². The zero-order valence-corrected chi connectivity index (χ0v) is 17.4. The van der Waals surface area contributed by atoms with E-state index >= 15 is 0 Å². The SMILES string of the molecule is O=C(O[C@H]1C=C(CO)[C@H]2[C@H](O[C@@H]3O[C@H](CO)[C@@H](O)[C@H](O)[C@H]3O)OC=C[C@H]21)c1ccc(O)cc1. The number of carbonyl (C=O) groups excluding carboxylic acids is 1. The Bertz CT molecular complexity index is 896. The lowest BCUT2D eigenvalue weighted by Gasteiger charge is -2.42. The van der Waals surface area contributed by atoms with Crippen LogP contribution in [0.25, 0.3) is 0 Å². The van der Waals surface area contributed by atoms with Gasteiger partial charge in [-0.2, -0.15) is 0 Å². The summed E-state index contributed by atoms with van der Waals surface area (Å²) in [4.78, 5) is 12.5. The molecule has 180 valence electrons. The van der Waals surface area contributed by atoms with Gasteiger partial charge in [0.2, 0.25) is 6.29 Å². The topological polar surface area (TPSA) is 175 Å². The highest BCUT2D eigenvalue weighted by Gasteiger charge is 2.50. The van der Waals surface area contributed by atoms with Crippen molar-refractivity contribution >= 4 is 5.97 Å². The molecule has 0 unspecified atom stereocenters. The zero-order valence-electron chi connectivity index (χ0n) is 17.4. The predicted octanol–water partition coefficient (Wildman–Crippen LogP) is -1.23. The molecule has 11 heteroatoms. The van der Waals surface area contributed by atoms with Crippen LogP contribution in [0.5, 0.6) is 5.75 Å². The Kier molecular flexibility index (Phi) is 7.00. The summed E-state index contributed by atoms with van der Waals surface area (Å²) in [5, 5.41) is 58.8. The molecule has 0 bridgehead atoms. The third-order valence-electron chi connectivity index (χ3n) is 6.05. The van der Waals surface area contributed by atoms with E-state index in [1.54, 1.807) is 12.2 Å². The minimum atomic E-state index is -1.62. The number of benzene rings is 1. The van der Waals surface area contributed by atoms with Gasteiger partial charge in [-0.15, -0.1) is 0 Å². The maximum absolute atomic E-state index is 12.5. The van der Waals surface area contributed by atoms with Crippen LogP contribution >= 0.6 is 0 Å². The Morgan fingerprint density at radius 2 is 1.73 bits per heavy atom. The van der Waals surface area contributed by atoms with Gasteiger partial charge in [-0.25, -0.2) is 4.79 Å². The summed E-state index contributed by atoms with van der Waals surface area (Å²) in [5.74, 6) is -1.68. The van der Waals surface area contributed by atoms with Crippen molar-refractivity contribution in [2.24, 2.45) is 11.8 Å². The fourth-order valence-electron chi connectivity index (χ4n) is 4.26. The first-order chi connectivity index (χ1) is 15.8. The molecular weight excluding hydrogens is 440 g/mol. The van der Waals surface area contributed by atoms with Crippen LogP contribution in [0.4, 0.5) is 0 Å². The summed E-state index contributed by atoms with van der Waals surface area (Å²) in [6.07, 6.45) is -4.61. The molecule has 2 aliphatic heterocycles. The second kappa shape index (κ2) is 9.77. The number of fused-ring (bicyclic) bond motifs is 1. The van der Waals surface area contributed by atoms with Crippen LogP contribution in [0.15, 0.2) is 48.3 Å². The van der Waals surface area contributed by atoms with Gasteiger partial charge < -0.3 is 49.6 Å². The molecule has 9 atom stereocenters. The molecule has 4 rings (SSSR count). The van der Waals surface area contributed by atoms with E-state index in [0.717, 1.165) is 0 Å². The first kappa shape index (κ1) is 23.6. The fraction of sp³-hybridized carbons (Fsp3) is 0.500. The Labute approximate surface area is 188 Å². The number of carbonyl (C=O) groups is 1. The van der Waals surface area contributed by atoms with E-state index in [1.165, 1.54) is 30.5 Å². The van der Waals surface area contributed by atoms with E-state index in [0.29, 0.717) is 5.57 Å². The van der Waals surface area contributed by atoms with Gasteiger partial charge in [-0.1, -0.05) is 0 Å². The Morgan fingerprint density at radius 3 is 2.39 bits per heavy atom. The molecule has 0 aromatic heterocycles. The van der Waals surface area contributed by atoms with Crippen molar-refractivity contribution in [1.82, 2.24) is 0 Å². The number of aromatic hydroxyl groups is 1. The number of aliphatic hydroxyl groups excluding tert-OH is 5. The minimum Gasteiger partial charge on any atom is -0.508 e. The molecule has 3 aliphatic rings. The lowest BCUT2D eigenvalue weighted by molar-refractivity contribution is -0.339. The highest BCUT2D eigenvalue weighted by atomic mass is 16.8. The average molecular weight is 466 g/mol. The standard InChI is InChI=1S/C22H26O11/c23-8-11-7-14(31-20(29)10-1-3-12(25)4-2-10)13-5-6-30-21(16(11)13)33-22-19(28)18(27)17(26)15(9-24)32-22/h1-7,13-19,21-28H,8-9H2/t13-,14-,15+,16+,17+,18-,19+,21-,22-/m0/s1. The summed E-state index contributed by atoms with van der Waals surface area (Å²) in [6.45, 7) is -0.987. The molecule has 0 radical (unpaired) electrons. The monoisotopic (exact) mass is 466 g/mol. The maximum Gasteiger partial charge on any atom is 0.338 e. The van der Waals surface area contributed by atoms with Gasteiger partial charge in [0.05, 0.1) is 31.0 Å². The second-order valence-corrected chi connectivity index (χ2v) is 8.09. The Morgan fingerprint density at radius 1 is 1.00 bits per heavy atom. The van der Waals surface area contributed by atoms with Crippen molar-refractivity contribution < 1.29 is 54.4 Å². The summed E-state index contributed by atoms with van der Waals surface area (Å²) in [6, 6.07) is 5.57. The highest BCUT2D eigenvalue weighted by molar-refractivity contribution is 5.89. The molecule has 1 aromatic carbocycles. The van der Waals surface area contributed by atoms with Crippen LogP contribution in [-0.4, -0.2) is 92.9 Å². The third kappa shape index (κ3) is 4.62. The number of esters is 1. The van der Waals surface area contributed by atoms with Crippen molar-refractivity contribution in [3.05, 3.63) is 53.8 Å². The molecule has 1 saturated heterocycles. The summed E-state index contributed by atoms with van der Waals surface area (Å²) < 4.78 is 22.3. The first-order valence-electron chi connectivity index (χ1n) is 10.4. The molecule has 0 spiro atoms. The number of rotatable bonds is 6. The summed E-state index contributed by atoms with van der Waals surface area (Å²) >= 11 is 0. The molecule has 11 nitrogen and oxygen atoms in total. The van der Waals surface area contributed by atoms with Gasteiger partial charge in [0.25, 0.3) is 0 Å².